The van der Waals surface area contributed by atoms with Crippen molar-refractivity contribution in [2.24, 2.45) is 5.73 Å². The second-order valence-corrected chi connectivity index (χ2v) is 5.28. The molecule has 5 nitrogen and oxygen atoms in total. The molecule has 0 saturated carbocycles. The van der Waals surface area contributed by atoms with Gasteiger partial charge in [-0.15, -0.1) is 0 Å². The Balaban J connectivity index is 3.72. The topological polar surface area (TPSA) is 89.6 Å². The Bertz CT molecular complexity index is 241. The number of ether oxygens (including phenoxy) is 1. The predicted octanol–water partition coefficient (Wildman–Crippen LogP) is 1.09. The van der Waals surface area contributed by atoms with Crippen LogP contribution in [0.2, 0.25) is 0 Å². The van der Waals surface area contributed by atoms with Crippen molar-refractivity contribution in [1.82, 2.24) is 0 Å². The van der Waals surface area contributed by atoms with E-state index in [0.29, 0.717) is 0 Å². The van der Waals surface area contributed by atoms with E-state index in [1.165, 1.54) is 0 Å². The van der Waals surface area contributed by atoms with Gasteiger partial charge in [0.05, 0.1) is 0 Å². The highest BCUT2D eigenvalue weighted by atomic mass is 35.6. The van der Waals surface area contributed by atoms with E-state index in [1.54, 1.807) is 0 Å². The molecule has 0 aromatic carbocycles. The molecule has 3 N–H and O–H groups in total. The molecule has 0 amide bonds. The third-order valence-electron chi connectivity index (χ3n) is 1.37. The highest BCUT2D eigenvalue weighted by Crippen LogP contribution is 2.26. The molecule has 0 aromatic heterocycles. The summed E-state index contributed by atoms with van der Waals surface area (Å²) in [6.45, 7) is -0.376. The van der Waals surface area contributed by atoms with Crippen molar-refractivity contribution < 1.29 is 19.4 Å². The summed E-state index contributed by atoms with van der Waals surface area (Å²) >= 11 is 16.0. The van der Waals surface area contributed by atoms with Crippen LogP contribution < -0.4 is 5.73 Å². The molecular formula is C7H10Cl3NO4. The van der Waals surface area contributed by atoms with E-state index in [4.69, 9.17) is 45.6 Å². The third kappa shape index (κ3) is 8.74. The van der Waals surface area contributed by atoms with E-state index in [9.17, 15) is 9.59 Å². The minimum atomic E-state index is -1.66. The van der Waals surface area contributed by atoms with E-state index >= 15 is 0 Å². The molecule has 0 rings (SSSR count). The molecule has 0 heterocycles. The van der Waals surface area contributed by atoms with Crippen molar-refractivity contribution >= 4 is 46.7 Å². The largest absolute Gasteiger partial charge is 0.480 e. The molecule has 0 aliphatic rings. The molecule has 0 spiro atoms. The van der Waals surface area contributed by atoms with Gasteiger partial charge in [0.15, 0.2) is 0 Å². The van der Waals surface area contributed by atoms with E-state index in [1.807, 2.05) is 0 Å². The average Bonchev–Trinajstić information content (AvgIpc) is 2.09. The van der Waals surface area contributed by atoms with Crippen LogP contribution in [0.3, 0.4) is 0 Å². The summed E-state index contributed by atoms with van der Waals surface area (Å²) in [7, 11) is 0. The SMILES string of the molecule is NC(CCC(=O)OCC(Cl)(Cl)Cl)C(=O)O. The minimum Gasteiger partial charge on any atom is -0.480 e. The summed E-state index contributed by atoms with van der Waals surface area (Å²) in [6, 6.07) is -1.09. The number of carboxylic acid groups (broad SMARTS) is 1. The quantitative estimate of drug-likeness (QED) is 0.580. The van der Waals surface area contributed by atoms with Crippen LogP contribution in [0.4, 0.5) is 0 Å². The Kier molecular flexibility index (Phi) is 6.28. The fourth-order valence-corrected chi connectivity index (χ4v) is 0.795. The van der Waals surface area contributed by atoms with Gasteiger partial charge in [-0.3, -0.25) is 9.59 Å². The second kappa shape index (κ2) is 6.37. The highest BCUT2D eigenvalue weighted by Gasteiger charge is 2.22. The van der Waals surface area contributed by atoms with Crippen LogP contribution in [0.5, 0.6) is 0 Å². The molecule has 15 heavy (non-hydrogen) atoms. The van der Waals surface area contributed by atoms with Gasteiger partial charge in [-0.2, -0.15) is 0 Å². The second-order valence-electron chi connectivity index (χ2n) is 2.76. The van der Waals surface area contributed by atoms with Gasteiger partial charge < -0.3 is 15.6 Å². The van der Waals surface area contributed by atoms with E-state index in [-0.39, 0.29) is 19.4 Å². The summed E-state index contributed by atoms with van der Waals surface area (Å²) in [5.41, 5.74) is 5.16. The first-order valence-corrected chi connectivity index (χ1v) is 5.06. The molecule has 1 unspecified atom stereocenters. The number of hydrogen-bond donors (Lipinski definition) is 2. The third-order valence-corrected chi connectivity index (χ3v) is 1.70. The molecule has 0 aliphatic carbocycles. The van der Waals surface area contributed by atoms with Crippen molar-refractivity contribution in [1.29, 1.82) is 0 Å². The van der Waals surface area contributed by atoms with Gasteiger partial charge in [0.1, 0.15) is 12.6 Å². The van der Waals surface area contributed by atoms with E-state index in [2.05, 4.69) is 4.74 Å². The normalized spacial score (nSPS) is 13.3. The Morgan fingerprint density at radius 2 is 1.93 bits per heavy atom. The smallest absolute Gasteiger partial charge is 0.320 e. The van der Waals surface area contributed by atoms with Gasteiger partial charge in [0.25, 0.3) is 0 Å². The lowest BCUT2D eigenvalue weighted by Gasteiger charge is -2.11. The lowest BCUT2D eigenvalue weighted by molar-refractivity contribution is -0.144. The van der Waals surface area contributed by atoms with Crippen LogP contribution in [0.15, 0.2) is 0 Å². The van der Waals surface area contributed by atoms with Crippen LogP contribution in [0, 0.1) is 0 Å². The molecule has 1 atom stereocenters. The van der Waals surface area contributed by atoms with Gasteiger partial charge in [-0.1, -0.05) is 34.8 Å². The molecule has 0 fully saturated rings. The zero-order valence-electron chi connectivity index (χ0n) is 7.58. The summed E-state index contributed by atoms with van der Waals surface area (Å²) < 4.78 is 2.89. The van der Waals surface area contributed by atoms with E-state index in [0.717, 1.165) is 0 Å². The predicted molar refractivity (Wildman–Crippen MR) is 56.1 cm³/mol. The Morgan fingerprint density at radius 3 is 2.33 bits per heavy atom. The maximum atomic E-state index is 11.0. The van der Waals surface area contributed by atoms with Crippen LogP contribution in [-0.4, -0.2) is 33.5 Å². The fraction of sp³-hybridized carbons (Fsp3) is 0.714. The Hall–Kier alpha value is -0.230. The summed E-state index contributed by atoms with van der Waals surface area (Å²) in [5, 5.41) is 8.41. The lowest BCUT2D eigenvalue weighted by atomic mass is 10.2. The minimum absolute atomic E-state index is 0.0198. The van der Waals surface area contributed by atoms with Crippen LogP contribution in [-0.2, 0) is 14.3 Å². The standard InChI is InChI=1S/C7H10Cl3NO4/c8-7(9,10)3-15-5(12)2-1-4(11)6(13)14/h4H,1-3,11H2,(H,13,14). The van der Waals surface area contributed by atoms with Crippen LogP contribution >= 0.6 is 34.8 Å². The maximum Gasteiger partial charge on any atom is 0.320 e. The monoisotopic (exact) mass is 277 g/mol. The molecule has 0 bridgehead atoms. The Morgan fingerprint density at radius 1 is 1.40 bits per heavy atom. The van der Waals surface area contributed by atoms with Gasteiger partial charge in [-0.05, 0) is 6.42 Å². The highest BCUT2D eigenvalue weighted by molar-refractivity contribution is 6.67. The van der Waals surface area contributed by atoms with Crippen molar-refractivity contribution in [3.63, 3.8) is 0 Å². The molecule has 0 aliphatic heterocycles. The number of alkyl halides is 3. The van der Waals surface area contributed by atoms with Crippen molar-refractivity contribution in [3.05, 3.63) is 0 Å². The number of aliphatic carboxylic acids is 1. The number of carbonyl (C=O) groups excluding carboxylic acids is 1. The van der Waals surface area contributed by atoms with Crippen molar-refractivity contribution in [2.45, 2.75) is 22.7 Å². The summed E-state index contributed by atoms with van der Waals surface area (Å²) in [5.74, 6) is -1.83. The summed E-state index contributed by atoms with van der Waals surface area (Å²) in [6.07, 6.45) is -0.151. The number of hydrogen-bond acceptors (Lipinski definition) is 4. The lowest BCUT2D eigenvalue weighted by Crippen LogP contribution is -2.31. The maximum absolute atomic E-state index is 11.0. The van der Waals surface area contributed by atoms with Crippen molar-refractivity contribution in [3.8, 4) is 0 Å². The molecule has 8 heteroatoms. The molecule has 0 aromatic rings. The van der Waals surface area contributed by atoms with Crippen LogP contribution in [0.1, 0.15) is 12.8 Å². The van der Waals surface area contributed by atoms with Gasteiger partial charge in [0.2, 0.25) is 3.79 Å². The van der Waals surface area contributed by atoms with Gasteiger partial charge in [-0.25, -0.2) is 0 Å². The zero-order valence-corrected chi connectivity index (χ0v) is 9.85. The summed E-state index contributed by atoms with van der Waals surface area (Å²) in [4.78, 5) is 21.3. The first kappa shape index (κ1) is 14.8. The van der Waals surface area contributed by atoms with Crippen molar-refractivity contribution in [2.75, 3.05) is 6.61 Å². The van der Waals surface area contributed by atoms with Crippen LogP contribution in [0.25, 0.3) is 0 Å². The first-order valence-electron chi connectivity index (χ1n) is 3.93. The number of carbonyl (C=O) groups is 2. The molecule has 0 saturated heterocycles. The number of nitrogens with two attached hydrogens (primary N) is 1. The number of halogens is 3. The molecular weight excluding hydrogens is 268 g/mol. The first-order chi connectivity index (χ1) is 6.72. The Labute approximate surface area is 101 Å². The van der Waals surface area contributed by atoms with E-state index < -0.39 is 21.8 Å². The fourth-order valence-electron chi connectivity index (χ4n) is 0.631. The number of esters is 1. The molecule has 0 radical (unpaired) electrons. The van der Waals surface area contributed by atoms with Gasteiger partial charge >= 0.3 is 11.9 Å². The number of carboxylic acids is 1. The van der Waals surface area contributed by atoms with Gasteiger partial charge in [0, 0.05) is 6.42 Å². The molecule has 88 valence electrons. The number of rotatable bonds is 5. The zero-order chi connectivity index (χ0) is 12.1. The average molecular weight is 279 g/mol.